The summed E-state index contributed by atoms with van der Waals surface area (Å²) in [6, 6.07) is 0. The van der Waals surface area contributed by atoms with Crippen molar-refractivity contribution in [3.05, 3.63) is 29.6 Å². The van der Waals surface area contributed by atoms with E-state index in [1.807, 2.05) is 0 Å². The molecule has 0 radical (unpaired) electrons. The third kappa shape index (κ3) is 3.07. The van der Waals surface area contributed by atoms with Crippen LogP contribution in [0.25, 0.3) is 0 Å². The Morgan fingerprint density at radius 3 is 2.79 bits per heavy atom. The molecule has 1 fully saturated rings. The molecule has 2 rings (SSSR count). The summed E-state index contributed by atoms with van der Waals surface area (Å²) in [5.41, 5.74) is -0.520. The lowest BCUT2D eigenvalue weighted by Crippen LogP contribution is -2.41. The predicted molar refractivity (Wildman–Crippen MR) is 64.7 cm³/mol. The third-order valence-corrected chi connectivity index (χ3v) is 3.28. The molecule has 104 valence electrons. The Bertz CT molecular complexity index is 446. The number of ether oxygens (including phenoxy) is 1. The number of piperidine rings is 1. The van der Waals surface area contributed by atoms with Gasteiger partial charge in [0.15, 0.2) is 11.6 Å². The van der Waals surface area contributed by atoms with Gasteiger partial charge < -0.3 is 9.64 Å². The van der Waals surface area contributed by atoms with E-state index in [2.05, 4.69) is 4.98 Å². The first kappa shape index (κ1) is 13.9. The van der Waals surface area contributed by atoms with Crippen molar-refractivity contribution in [3.63, 3.8) is 0 Å². The van der Waals surface area contributed by atoms with Gasteiger partial charge in [0, 0.05) is 20.2 Å². The second-order valence-electron chi connectivity index (χ2n) is 4.69. The number of nitrogens with zero attached hydrogens (tertiary/aromatic N) is 2. The quantitative estimate of drug-likeness (QED) is 0.842. The van der Waals surface area contributed by atoms with Gasteiger partial charge in [-0.25, -0.2) is 8.78 Å². The van der Waals surface area contributed by atoms with Gasteiger partial charge in [0.1, 0.15) is 5.56 Å². The number of hydrogen-bond donors (Lipinski definition) is 0. The predicted octanol–water partition coefficient (Wildman–Crippen LogP) is 1.86. The van der Waals surface area contributed by atoms with Crippen LogP contribution in [0.2, 0.25) is 0 Å². The van der Waals surface area contributed by atoms with E-state index in [1.165, 1.54) is 4.90 Å². The van der Waals surface area contributed by atoms with Crippen molar-refractivity contribution in [2.45, 2.75) is 12.8 Å². The smallest absolute Gasteiger partial charge is 0.259 e. The van der Waals surface area contributed by atoms with Crippen molar-refractivity contribution in [2.24, 2.45) is 5.92 Å². The zero-order chi connectivity index (χ0) is 13.8. The first-order chi connectivity index (χ1) is 9.13. The lowest BCUT2D eigenvalue weighted by atomic mass is 9.98. The highest BCUT2D eigenvalue weighted by Crippen LogP contribution is 2.20. The number of hydrogen-bond acceptors (Lipinski definition) is 3. The average molecular weight is 270 g/mol. The maximum Gasteiger partial charge on any atom is 0.259 e. The lowest BCUT2D eigenvalue weighted by molar-refractivity contribution is 0.0562. The number of rotatable bonds is 3. The van der Waals surface area contributed by atoms with Crippen LogP contribution in [-0.4, -0.2) is 42.6 Å². The summed E-state index contributed by atoms with van der Waals surface area (Å²) in [5, 5.41) is 0. The fourth-order valence-corrected chi connectivity index (χ4v) is 2.40. The fourth-order valence-electron chi connectivity index (χ4n) is 2.40. The summed E-state index contributed by atoms with van der Waals surface area (Å²) in [6.45, 7) is 1.53. The number of halogens is 2. The van der Waals surface area contributed by atoms with Crippen molar-refractivity contribution >= 4 is 5.91 Å². The van der Waals surface area contributed by atoms with Gasteiger partial charge in [0.2, 0.25) is 0 Å². The second kappa shape index (κ2) is 6.06. The molecule has 1 aliphatic rings. The molecule has 1 aliphatic heterocycles. The molecule has 1 atom stereocenters. The van der Waals surface area contributed by atoms with E-state index in [9.17, 15) is 13.6 Å². The standard InChI is InChI=1S/C13H16F2N2O2/c1-19-8-9-3-2-4-17(7-9)13(18)12-10(14)5-16-6-11(12)15/h5-6,9H,2-4,7-8H2,1H3. The van der Waals surface area contributed by atoms with Crippen LogP contribution < -0.4 is 0 Å². The molecule has 0 aromatic carbocycles. The van der Waals surface area contributed by atoms with Gasteiger partial charge in [0.05, 0.1) is 19.0 Å². The van der Waals surface area contributed by atoms with Crippen molar-refractivity contribution in [1.82, 2.24) is 9.88 Å². The molecular weight excluding hydrogens is 254 g/mol. The van der Waals surface area contributed by atoms with E-state index in [0.29, 0.717) is 19.7 Å². The minimum atomic E-state index is -0.918. The van der Waals surface area contributed by atoms with Crippen LogP contribution in [0.1, 0.15) is 23.2 Å². The van der Waals surface area contributed by atoms with Gasteiger partial charge in [-0.1, -0.05) is 0 Å². The molecule has 2 heterocycles. The molecule has 1 aromatic rings. The molecule has 0 spiro atoms. The van der Waals surface area contributed by atoms with Crippen LogP contribution in [0.4, 0.5) is 8.78 Å². The van der Waals surface area contributed by atoms with Crippen LogP contribution in [0.15, 0.2) is 12.4 Å². The first-order valence-corrected chi connectivity index (χ1v) is 6.20. The summed E-state index contributed by atoms with van der Waals surface area (Å²) in [4.78, 5) is 17.0. The maximum absolute atomic E-state index is 13.5. The Morgan fingerprint density at radius 2 is 2.16 bits per heavy atom. The zero-order valence-electron chi connectivity index (χ0n) is 10.7. The van der Waals surface area contributed by atoms with E-state index in [-0.39, 0.29) is 5.92 Å². The molecule has 1 amide bonds. The fraction of sp³-hybridized carbons (Fsp3) is 0.538. The van der Waals surface area contributed by atoms with Crippen molar-refractivity contribution in [1.29, 1.82) is 0 Å². The second-order valence-corrected chi connectivity index (χ2v) is 4.69. The molecular formula is C13H16F2N2O2. The number of pyridine rings is 1. The van der Waals surface area contributed by atoms with E-state index < -0.39 is 23.1 Å². The Kier molecular flexibility index (Phi) is 4.42. The van der Waals surface area contributed by atoms with Crippen LogP contribution in [0.5, 0.6) is 0 Å². The van der Waals surface area contributed by atoms with Crippen LogP contribution >= 0.6 is 0 Å². The van der Waals surface area contributed by atoms with Gasteiger partial charge in [-0.05, 0) is 18.8 Å². The molecule has 4 nitrogen and oxygen atoms in total. The molecule has 1 unspecified atom stereocenters. The molecule has 0 aliphatic carbocycles. The number of likely N-dealkylation sites (tertiary alicyclic amines) is 1. The van der Waals surface area contributed by atoms with Crippen molar-refractivity contribution < 1.29 is 18.3 Å². The number of carbonyl (C=O) groups is 1. The van der Waals surface area contributed by atoms with Crippen molar-refractivity contribution in [2.75, 3.05) is 26.8 Å². The van der Waals surface area contributed by atoms with Gasteiger partial charge >= 0.3 is 0 Å². The summed E-state index contributed by atoms with van der Waals surface area (Å²) < 4.78 is 32.1. The van der Waals surface area contributed by atoms with Crippen LogP contribution in [0.3, 0.4) is 0 Å². The highest BCUT2D eigenvalue weighted by Gasteiger charge is 2.28. The molecule has 1 aromatic heterocycles. The molecule has 0 bridgehead atoms. The third-order valence-electron chi connectivity index (χ3n) is 3.28. The van der Waals surface area contributed by atoms with Gasteiger partial charge in [0.25, 0.3) is 5.91 Å². The topological polar surface area (TPSA) is 42.4 Å². The maximum atomic E-state index is 13.5. The average Bonchev–Trinajstić information content (AvgIpc) is 2.39. The van der Waals surface area contributed by atoms with Gasteiger partial charge in [-0.15, -0.1) is 0 Å². The summed E-state index contributed by atoms with van der Waals surface area (Å²) in [5.74, 6) is -2.23. The summed E-state index contributed by atoms with van der Waals surface area (Å²) in [6.07, 6.45) is 3.48. The van der Waals surface area contributed by atoms with E-state index >= 15 is 0 Å². The number of methoxy groups -OCH3 is 1. The van der Waals surface area contributed by atoms with E-state index in [4.69, 9.17) is 4.74 Å². The Balaban J connectivity index is 2.15. The summed E-state index contributed by atoms with van der Waals surface area (Å²) in [7, 11) is 1.60. The van der Waals surface area contributed by atoms with E-state index in [0.717, 1.165) is 25.2 Å². The summed E-state index contributed by atoms with van der Waals surface area (Å²) >= 11 is 0. The van der Waals surface area contributed by atoms with E-state index in [1.54, 1.807) is 7.11 Å². The number of carbonyl (C=O) groups excluding carboxylic acids is 1. The SMILES string of the molecule is COCC1CCCN(C(=O)c2c(F)cncc2F)C1. The lowest BCUT2D eigenvalue weighted by Gasteiger charge is -2.32. The minimum absolute atomic E-state index is 0.218. The monoisotopic (exact) mass is 270 g/mol. The molecule has 0 N–H and O–H groups in total. The van der Waals surface area contributed by atoms with Gasteiger partial charge in [-0.3, -0.25) is 9.78 Å². The molecule has 6 heteroatoms. The Hall–Kier alpha value is -1.56. The molecule has 19 heavy (non-hydrogen) atoms. The highest BCUT2D eigenvalue weighted by atomic mass is 19.1. The minimum Gasteiger partial charge on any atom is -0.384 e. The highest BCUT2D eigenvalue weighted by molar-refractivity contribution is 5.94. The van der Waals surface area contributed by atoms with Crippen LogP contribution in [-0.2, 0) is 4.74 Å². The Labute approximate surface area is 110 Å². The largest absolute Gasteiger partial charge is 0.384 e. The number of aromatic nitrogens is 1. The van der Waals surface area contributed by atoms with Crippen molar-refractivity contribution in [3.8, 4) is 0 Å². The number of amides is 1. The molecule has 0 saturated carbocycles. The van der Waals surface area contributed by atoms with Crippen LogP contribution in [0, 0.1) is 17.6 Å². The normalized spacial score (nSPS) is 19.5. The Morgan fingerprint density at radius 1 is 1.47 bits per heavy atom. The first-order valence-electron chi connectivity index (χ1n) is 6.20. The zero-order valence-corrected chi connectivity index (χ0v) is 10.7. The van der Waals surface area contributed by atoms with Gasteiger partial charge in [-0.2, -0.15) is 0 Å². The molecule has 1 saturated heterocycles.